The molecule has 0 unspecified atom stereocenters. The first kappa shape index (κ1) is 18.3. The number of amides is 1. The Balaban J connectivity index is 2.15. The molecule has 2 rings (SSSR count). The maximum atomic E-state index is 12.4. The summed E-state index contributed by atoms with van der Waals surface area (Å²) in [4.78, 5) is 12.4. The first-order chi connectivity index (χ1) is 10.9. The molecular formula is C20H28N2O2. The smallest absolute Gasteiger partial charge is 0.225 e. The largest absolute Gasteiger partial charge is 0.489 e. The third-order valence-corrected chi connectivity index (χ3v) is 5.03. The fourth-order valence-electron chi connectivity index (χ4n) is 3.89. The SMILES string of the molecule is CC(C)(C)C(=O)NC1C(C)(C)C(Oc2ccc(C#N)cc2)C1(C)C. The van der Waals surface area contributed by atoms with E-state index in [0.717, 1.165) is 5.75 Å². The van der Waals surface area contributed by atoms with Gasteiger partial charge in [-0.25, -0.2) is 0 Å². The van der Waals surface area contributed by atoms with Gasteiger partial charge >= 0.3 is 0 Å². The van der Waals surface area contributed by atoms with Gasteiger partial charge in [-0.2, -0.15) is 5.26 Å². The first-order valence-electron chi connectivity index (χ1n) is 8.38. The van der Waals surface area contributed by atoms with Gasteiger partial charge in [0.25, 0.3) is 0 Å². The van der Waals surface area contributed by atoms with Crippen LogP contribution in [0.25, 0.3) is 0 Å². The highest BCUT2D eigenvalue weighted by molar-refractivity contribution is 5.82. The van der Waals surface area contributed by atoms with Crippen LogP contribution in [0.1, 0.15) is 54.0 Å². The number of hydrogen-bond donors (Lipinski definition) is 1. The highest BCUT2D eigenvalue weighted by Crippen LogP contribution is 2.55. The van der Waals surface area contributed by atoms with Crippen molar-refractivity contribution in [2.24, 2.45) is 16.2 Å². The summed E-state index contributed by atoms with van der Waals surface area (Å²) in [6, 6.07) is 9.31. The van der Waals surface area contributed by atoms with E-state index in [1.54, 1.807) is 12.1 Å². The zero-order chi connectivity index (χ0) is 18.3. The van der Waals surface area contributed by atoms with Crippen LogP contribution in [0.4, 0.5) is 0 Å². The van der Waals surface area contributed by atoms with E-state index in [1.807, 2.05) is 32.9 Å². The molecule has 0 atom stereocenters. The minimum atomic E-state index is -0.411. The predicted octanol–water partition coefficient (Wildman–Crippen LogP) is 3.90. The standard InChI is InChI=1S/C20H28N2O2/c1-18(2,3)17(23)22-15-19(4,5)16(20(15,6)7)24-14-10-8-13(12-21)9-11-14/h8-11,15-16H,1-7H3,(H,22,23). The Morgan fingerprint density at radius 3 is 2.04 bits per heavy atom. The van der Waals surface area contributed by atoms with Crippen molar-refractivity contribution in [1.82, 2.24) is 5.32 Å². The van der Waals surface area contributed by atoms with Gasteiger partial charge in [-0.3, -0.25) is 4.79 Å². The average Bonchev–Trinajstić information content (AvgIpc) is 2.49. The Labute approximate surface area is 145 Å². The fraction of sp³-hybridized carbons (Fsp3) is 0.600. The van der Waals surface area contributed by atoms with Crippen molar-refractivity contribution in [2.45, 2.75) is 60.6 Å². The lowest BCUT2D eigenvalue weighted by Crippen LogP contribution is -2.75. The van der Waals surface area contributed by atoms with Crippen molar-refractivity contribution in [2.75, 3.05) is 0 Å². The second-order valence-electron chi connectivity index (χ2n) is 8.93. The zero-order valence-corrected chi connectivity index (χ0v) is 15.7. The van der Waals surface area contributed by atoms with Crippen LogP contribution in [0, 0.1) is 27.6 Å². The van der Waals surface area contributed by atoms with Crippen LogP contribution in [0.2, 0.25) is 0 Å². The van der Waals surface area contributed by atoms with Crippen LogP contribution in [-0.4, -0.2) is 18.1 Å². The molecule has 0 spiro atoms. The van der Waals surface area contributed by atoms with Gasteiger partial charge in [-0.15, -0.1) is 0 Å². The van der Waals surface area contributed by atoms with Crippen molar-refractivity contribution in [1.29, 1.82) is 5.26 Å². The molecule has 1 saturated carbocycles. The van der Waals surface area contributed by atoms with Gasteiger partial charge in [0.1, 0.15) is 11.9 Å². The second-order valence-corrected chi connectivity index (χ2v) is 8.93. The van der Waals surface area contributed by atoms with E-state index in [2.05, 4.69) is 39.1 Å². The van der Waals surface area contributed by atoms with Gasteiger partial charge in [0.15, 0.2) is 0 Å². The predicted molar refractivity (Wildman–Crippen MR) is 94.5 cm³/mol. The molecule has 0 aliphatic heterocycles. The highest BCUT2D eigenvalue weighted by Gasteiger charge is 2.64. The molecule has 1 aliphatic rings. The summed E-state index contributed by atoms with van der Waals surface area (Å²) >= 11 is 0. The Hall–Kier alpha value is -2.02. The summed E-state index contributed by atoms with van der Waals surface area (Å²) < 4.78 is 6.22. The molecule has 0 heterocycles. The van der Waals surface area contributed by atoms with E-state index in [4.69, 9.17) is 10.00 Å². The average molecular weight is 328 g/mol. The number of nitrogens with one attached hydrogen (secondary N) is 1. The molecule has 0 radical (unpaired) electrons. The molecule has 130 valence electrons. The molecule has 1 aliphatic carbocycles. The monoisotopic (exact) mass is 328 g/mol. The summed E-state index contributed by atoms with van der Waals surface area (Å²) in [7, 11) is 0. The Morgan fingerprint density at radius 1 is 1.12 bits per heavy atom. The number of ether oxygens (including phenoxy) is 1. The molecule has 4 heteroatoms. The number of nitriles is 1. The van der Waals surface area contributed by atoms with Crippen molar-refractivity contribution in [3.05, 3.63) is 29.8 Å². The van der Waals surface area contributed by atoms with E-state index in [1.165, 1.54) is 0 Å². The molecule has 1 fully saturated rings. The summed E-state index contributed by atoms with van der Waals surface area (Å²) in [5.74, 6) is 0.811. The minimum absolute atomic E-state index is 0.0248. The van der Waals surface area contributed by atoms with E-state index in [9.17, 15) is 4.79 Å². The summed E-state index contributed by atoms with van der Waals surface area (Å²) in [5, 5.41) is 12.1. The van der Waals surface area contributed by atoms with Crippen LogP contribution >= 0.6 is 0 Å². The topological polar surface area (TPSA) is 62.1 Å². The van der Waals surface area contributed by atoms with E-state index in [-0.39, 0.29) is 28.9 Å². The third-order valence-electron chi connectivity index (χ3n) is 5.03. The van der Waals surface area contributed by atoms with Crippen LogP contribution in [0.3, 0.4) is 0 Å². The number of carbonyl (C=O) groups excluding carboxylic acids is 1. The van der Waals surface area contributed by atoms with Gasteiger partial charge < -0.3 is 10.1 Å². The highest BCUT2D eigenvalue weighted by atomic mass is 16.5. The molecule has 0 aromatic heterocycles. The number of benzene rings is 1. The number of carbonyl (C=O) groups is 1. The second kappa shape index (κ2) is 5.81. The van der Waals surface area contributed by atoms with Crippen LogP contribution in [-0.2, 0) is 4.79 Å². The molecule has 0 saturated heterocycles. The number of hydrogen-bond acceptors (Lipinski definition) is 3. The van der Waals surface area contributed by atoms with E-state index >= 15 is 0 Å². The van der Waals surface area contributed by atoms with Gasteiger partial charge in [-0.1, -0.05) is 48.5 Å². The van der Waals surface area contributed by atoms with Crippen molar-refractivity contribution in [3.63, 3.8) is 0 Å². The lowest BCUT2D eigenvalue weighted by atomic mass is 9.49. The molecular weight excluding hydrogens is 300 g/mol. The lowest BCUT2D eigenvalue weighted by molar-refractivity contribution is -0.175. The lowest BCUT2D eigenvalue weighted by Gasteiger charge is -2.63. The van der Waals surface area contributed by atoms with Crippen LogP contribution in [0.15, 0.2) is 24.3 Å². The number of nitrogens with zero attached hydrogens (tertiary/aromatic N) is 1. The van der Waals surface area contributed by atoms with Gasteiger partial charge in [0.2, 0.25) is 5.91 Å². The summed E-state index contributed by atoms with van der Waals surface area (Å²) in [6.07, 6.45) is -0.0248. The van der Waals surface area contributed by atoms with Crippen molar-refractivity contribution in [3.8, 4) is 11.8 Å². The third kappa shape index (κ3) is 3.13. The molecule has 1 aromatic rings. The van der Waals surface area contributed by atoms with Gasteiger partial charge in [-0.05, 0) is 24.3 Å². The normalized spacial score (nSPS) is 24.4. The Kier molecular flexibility index (Phi) is 4.43. The summed E-state index contributed by atoms with van der Waals surface area (Å²) in [6.45, 7) is 14.3. The molecule has 4 nitrogen and oxygen atoms in total. The quantitative estimate of drug-likeness (QED) is 0.915. The maximum Gasteiger partial charge on any atom is 0.225 e. The Bertz CT molecular complexity index is 644. The van der Waals surface area contributed by atoms with E-state index < -0.39 is 5.41 Å². The fourth-order valence-corrected chi connectivity index (χ4v) is 3.89. The maximum absolute atomic E-state index is 12.4. The van der Waals surface area contributed by atoms with Crippen LogP contribution < -0.4 is 10.1 Å². The van der Waals surface area contributed by atoms with Gasteiger partial charge in [0.05, 0.1) is 11.6 Å². The molecule has 1 aromatic carbocycles. The first-order valence-corrected chi connectivity index (χ1v) is 8.38. The van der Waals surface area contributed by atoms with E-state index in [0.29, 0.717) is 5.56 Å². The molecule has 1 N–H and O–H groups in total. The number of rotatable bonds is 3. The van der Waals surface area contributed by atoms with Crippen molar-refractivity contribution >= 4 is 5.91 Å². The van der Waals surface area contributed by atoms with Crippen molar-refractivity contribution < 1.29 is 9.53 Å². The van der Waals surface area contributed by atoms with Crippen LogP contribution in [0.5, 0.6) is 5.75 Å². The van der Waals surface area contributed by atoms with Gasteiger partial charge in [0, 0.05) is 22.3 Å². The minimum Gasteiger partial charge on any atom is -0.489 e. The zero-order valence-electron chi connectivity index (χ0n) is 15.7. The summed E-state index contributed by atoms with van der Waals surface area (Å²) in [5.41, 5.74) is -0.160. The molecule has 1 amide bonds. The molecule has 0 bridgehead atoms. The molecule has 24 heavy (non-hydrogen) atoms. The Morgan fingerprint density at radius 2 is 1.62 bits per heavy atom.